The summed E-state index contributed by atoms with van der Waals surface area (Å²) in [4.78, 5) is 12.2. The molecule has 0 spiro atoms. The molecule has 2 nitrogen and oxygen atoms in total. The highest BCUT2D eigenvalue weighted by molar-refractivity contribution is 5.86. The van der Waals surface area contributed by atoms with Crippen molar-refractivity contribution in [3.63, 3.8) is 0 Å². The lowest BCUT2D eigenvalue weighted by Crippen LogP contribution is -2.32. The standard InChI is InChI=1S/C13H27NO/c1-12(2,3)9-10(7-8-14)11(15)13(4,5)6/h10H,7-9,14H2,1-6H3/t10-/m1/s1. The van der Waals surface area contributed by atoms with Gasteiger partial charge in [0.05, 0.1) is 0 Å². The van der Waals surface area contributed by atoms with E-state index in [0.717, 1.165) is 12.8 Å². The molecule has 0 aromatic rings. The molecule has 90 valence electrons. The van der Waals surface area contributed by atoms with E-state index < -0.39 is 0 Å². The van der Waals surface area contributed by atoms with Crippen LogP contribution in [0, 0.1) is 16.7 Å². The normalized spacial score (nSPS) is 15.1. The van der Waals surface area contributed by atoms with Gasteiger partial charge in [-0.1, -0.05) is 41.5 Å². The highest BCUT2D eigenvalue weighted by Crippen LogP contribution is 2.31. The lowest BCUT2D eigenvalue weighted by Gasteiger charge is -2.29. The SMILES string of the molecule is CC(C)(C)C[C@@H](CCN)C(=O)C(C)(C)C. The highest BCUT2D eigenvalue weighted by atomic mass is 16.1. The summed E-state index contributed by atoms with van der Waals surface area (Å²) in [5.74, 6) is 0.470. The fourth-order valence-electron chi connectivity index (χ4n) is 1.88. The third-order valence-corrected chi connectivity index (χ3v) is 2.48. The van der Waals surface area contributed by atoms with Gasteiger partial charge in [-0.05, 0) is 24.8 Å². The Morgan fingerprint density at radius 1 is 1.13 bits per heavy atom. The first-order valence-corrected chi connectivity index (χ1v) is 5.82. The summed E-state index contributed by atoms with van der Waals surface area (Å²) < 4.78 is 0. The minimum Gasteiger partial charge on any atom is -0.330 e. The van der Waals surface area contributed by atoms with Gasteiger partial charge in [-0.3, -0.25) is 4.79 Å². The molecule has 15 heavy (non-hydrogen) atoms. The third kappa shape index (κ3) is 5.93. The first kappa shape index (κ1) is 14.6. The number of rotatable bonds is 4. The van der Waals surface area contributed by atoms with Crippen LogP contribution in [0.15, 0.2) is 0 Å². The molecule has 2 heteroatoms. The summed E-state index contributed by atoms with van der Waals surface area (Å²) >= 11 is 0. The number of hydrogen-bond acceptors (Lipinski definition) is 2. The van der Waals surface area contributed by atoms with Gasteiger partial charge >= 0.3 is 0 Å². The second-order valence-corrected chi connectivity index (χ2v) is 6.65. The molecule has 0 fully saturated rings. The van der Waals surface area contributed by atoms with Crippen molar-refractivity contribution in [1.29, 1.82) is 0 Å². The number of Topliss-reactive ketones (excluding diaryl/α,β-unsaturated/α-hetero) is 1. The predicted octanol–water partition coefficient (Wildman–Crippen LogP) is 3.00. The topological polar surface area (TPSA) is 43.1 Å². The van der Waals surface area contributed by atoms with Gasteiger partial charge in [0.15, 0.2) is 0 Å². The molecule has 0 saturated carbocycles. The van der Waals surface area contributed by atoms with Crippen LogP contribution in [-0.2, 0) is 4.79 Å². The Hall–Kier alpha value is -0.370. The van der Waals surface area contributed by atoms with E-state index in [-0.39, 0.29) is 16.7 Å². The minimum atomic E-state index is -0.245. The van der Waals surface area contributed by atoms with E-state index in [2.05, 4.69) is 20.8 Å². The molecule has 0 rings (SSSR count). The van der Waals surface area contributed by atoms with E-state index in [4.69, 9.17) is 5.73 Å². The summed E-state index contributed by atoms with van der Waals surface area (Å²) in [6, 6.07) is 0. The second kappa shape index (κ2) is 5.11. The van der Waals surface area contributed by atoms with Gasteiger partial charge in [0.1, 0.15) is 5.78 Å². The van der Waals surface area contributed by atoms with Crippen LogP contribution in [0.4, 0.5) is 0 Å². The van der Waals surface area contributed by atoms with Gasteiger partial charge in [-0.15, -0.1) is 0 Å². The van der Waals surface area contributed by atoms with Gasteiger partial charge < -0.3 is 5.73 Å². The molecule has 0 amide bonds. The monoisotopic (exact) mass is 213 g/mol. The van der Waals surface area contributed by atoms with Gasteiger partial charge in [0.2, 0.25) is 0 Å². The molecule has 0 radical (unpaired) electrons. The molecular weight excluding hydrogens is 186 g/mol. The van der Waals surface area contributed by atoms with Crippen LogP contribution >= 0.6 is 0 Å². The highest BCUT2D eigenvalue weighted by Gasteiger charge is 2.31. The van der Waals surface area contributed by atoms with Crippen LogP contribution in [0.5, 0.6) is 0 Å². The van der Waals surface area contributed by atoms with Crippen LogP contribution < -0.4 is 5.73 Å². The lowest BCUT2D eigenvalue weighted by atomic mass is 9.74. The molecule has 0 unspecified atom stereocenters. The lowest BCUT2D eigenvalue weighted by molar-refractivity contribution is -0.131. The molecular formula is C13H27NO. The Morgan fingerprint density at radius 2 is 1.60 bits per heavy atom. The molecule has 0 aliphatic carbocycles. The number of nitrogens with two attached hydrogens (primary N) is 1. The largest absolute Gasteiger partial charge is 0.330 e. The van der Waals surface area contributed by atoms with Gasteiger partial charge in [-0.2, -0.15) is 0 Å². The van der Waals surface area contributed by atoms with Crippen LogP contribution in [-0.4, -0.2) is 12.3 Å². The number of carbonyl (C=O) groups is 1. The maximum Gasteiger partial charge on any atom is 0.141 e. The molecule has 0 saturated heterocycles. The Balaban J connectivity index is 4.60. The van der Waals surface area contributed by atoms with Crippen molar-refractivity contribution < 1.29 is 4.79 Å². The fourth-order valence-corrected chi connectivity index (χ4v) is 1.88. The minimum absolute atomic E-state index is 0.120. The Morgan fingerprint density at radius 3 is 1.87 bits per heavy atom. The number of carbonyl (C=O) groups excluding carboxylic acids is 1. The summed E-state index contributed by atoms with van der Waals surface area (Å²) in [7, 11) is 0. The summed E-state index contributed by atoms with van der Waals surface area (Å²) in [5, 5.41) is 0. The summed E-state index contributed by atoms with van der Waals surface area (Å²) in [5.41, 5.74) is 5.53. The maximum atomic E-state index is 12.2. The van der Waals surface area contributed by atoms with Gasteiger partial charge in [0, 0.05) is 11.3 Å². The Kier molecular flexibility index (Phi) is 4.98. The molecule has 0 bridgehead atoms. The van der Waals surface area contributed by atoms with Crippen molar-refractivity contribution in [2.75, 3.05) is 6.54 Å². The predicted molar refractivity (Wildman–Crippen MR) is 65.7 cm³/mol. The Labute approximate surface area is 94.6 Å². The van der Waals surface area contributed by atoms with E-state index in [9.17, 15) is 4.79 Å². The Bertz CT molecular complexity index is 208. The first-order chi connectivity index (χ1) is 6.58. The van der Waals surface area contributed by atoms with Crippen LogP contribution in [0.1, 0.15) is 54.4 Å². The molecule has 0 heterocycles. The van der Waals surface area contributed by atoms with E-state index in [1.807, 2.05) is 20.8 Å². The van der Waals surface area contributed by atoms with Crippen LogP contribution in [0.2, 0.25) is 0 Å². The zero-order valence-corrected chi connectivity index (χ0v) is 11.2. The zero-order chi connectivity index (χ0) is 12.3. The van der Waals surface area contributed by atoms with Crippen molar-refractivity contribution in [1.82, 2.24) is 0 Å². The van der Waals surface area contributed by atoms with Gasteiger partial charge in [0.25, 0.3) is 0 Å². The van der Waals surface area contributed by atoms with Crippen molar-refractivity contribution in [3.8, 4) is 0 Å². The van der Waals surface area contributed by atoms with E-state index in [0.29, 0.717) is 12.3 Å². The third-order valence-electron chi connectivity index (χ3n) is 2.48. The first-order valence-electron chi connectivity index (χ1n) is 5.82. The van der Waals surface area contributed by atoms with E-state index in [1.165, 1.54) is 0 Å². The van der Waals surface area contributed by atoms with Crippen molar-refractivity contribution >= 4 is 5.78 Å². The zero-order valence-electron chi connectivity index (χ0n) is 11.2. The summed E-state index contributed by atoms with van der Waals surface area (Å²) in [6.45, 7) is 13.1. The average Bonchev–Trinajstić information content (AvgIpc) is 1.98. The second-order valence-electron chi connectivity index (χ2n) is 6.65. The van der Waals surface area contributed by atoms with Gasteiger partial charge in [-0.25, -0.2) is 0 Å². The number of ketones is 1. The molecule has 0 aromatic carbocycles. The average molecular weight is 213 g/mol. The van der Waals surface area contributed by atoms with Crippen molar-refractivity contribution in [2.24, 2.45) is 22.5 Å². The molecule has 0 aromatic heterocycles. The maximum absolute atomic E-state index is 12.2. The molecule has 0 aliphatic rings. The van der Waals surface area contributed by atoms with E-state index in [1.54, 1.807) is 0 Å². The van der Waals surface area contributed by atoms with Crippen molar-refractivity contribution in [3.05, 3.63) is 0 Å². The molecule has 2 N–H and O–H groups in total. The molecule has 0 aliphatic heterocycles. The van der Waals surface area contributed by atoms with Crippen LogP contribution in [0.25, 0.3) is 0 Å². The number of hydrogen-bond donors (Lipinski definition) is 1. The quantitative estimate of drug-likeness (QED) is 0.780. The van der Waals surface area contributed by atoms with Crippen LogP contribution in [0.3, 0.4) is 0 Å². The fraction of sp³-hybridized carbons (Fsp3) is 0.923. The van der Waals surface area contributed by atoms with Crippen molar-refractivity contribution in [2.45, 2.75) is 54.4 Å². The summed E-state index contributed by atoms with van der Waals surface area (Å²) in [6.07, 6.45) is 1.74. The molecule has 1 atom stereocenters. The smallest absolute Gasteiger partial charge is 0.141 e. The van der Waals surface area contributed by atoms with E-state index >= 15 is 0 Å².